The second-order valence-electron chi connectivity index (χ2n) is 3.97. The summed E-state index contributed by atoms with van der Waals surface area (Å²) in [5.74, 6) is 0.992. The van der Waals surface area contributed by atoms with Gasteiger partial charge >= 0.3 is 0 Å². The normalized spacial score (nSPS) is 12.2. The summed E-state index contributed by atoms with van der Waals surface area (Å²) >= 11 is 0. The average molecular weight is 219 g/mol. The summed E-state index contributed by atoms with van der Waals surface area (Å²) in [6.45, 7) is 9.71. The minimum atomic E-state index is 0.0422. The molecule has 88 valence electrons. The van der Waals surface area contributed by atoms with Crippen molar-refractivity contribution in [3.8, 4) is 0 Å². The van der Waals surface area contributed by atoms with E-state index in [4.69, 9.17) is 5.73 Å². The predicted octanol–water partition coefficient (Wildman–Crippen LogP) is 2.50. The van der Waals surface area contributed by atoms with E-state index in [1.54, 1.807) is 0 Å². The Morgan fingerprint density at radius 3 is 2.75 bits per heavy atom. The molecule has 16 heavy (non-hydrogen) atoms. The highest BCUT2D eigenvalue weighted by atomic mass is 15.2. The Kier molecular flexibility index (Phi) is 4.99. The lowest BCUT2D eigenvalue weighted by Gasteiger charge is -2.21. The molecule has 1 aromatic heterocycles. The first-order valence-electron chi connectivity index (χ1n) is 5.76. The smallest absolute Gasteiger partial charge is 0.128 e. The summed E-state index contributed by atoms with van der Waals surface area (Å²) in [4.78, 5) is 6.64. The van der Waals surface area contributed by atoms with Gasteiger partial charge in [0.1, 0.15) is 5.82 Å². The van der Waals surface area contributed by atoms with Crippen LogP contribution in [0.5, 0.6) is 0 Å². The average Bonchev–Trinajstić information content (AvgIpc) is 2.29. The van der Waals surface area contributed by atoms with Gasteiger partial charge in [-0.2, -0.15) is 0 Å². The van der Waals surface area contributed by atoms with E-state index in [9.17, 15) is 0 Å². The highest BCUT2D eigenvalue weighted by molar-refractivity contribution is 5.40. The van der Waals surface area contributed by atoms with Crippen LogP contribution in [-0.4, -0.2) is 18.1 Å². The fraction of sp³-hybridized carbons (Fsp3) is 0.462. The van der Waals surface area contributed by atoms with Crippen LogP contribution in [-0.2, 0) is 0 Å². The summed E-state index contributed by atoms with van der Waals surface area (Å²) in [7, 11) is 0. The Morgan fingerprint density at radius 1 is 1.56 bits per heavy atom. The summed E-state index contributed by atoms with van der Waals surface area (Å²) < 4.78 is 0. The van der Waals surface area contributed by atoms with Gasteiger partial charge < -0.3 is 10.6 Å². The van der Waals surface area contributed by atoms with Crippen LogP contribution >= 0.6 is 0 Å². The summed E-state index contributed by atoms with van der Waals surface area (Å²) in [6, 6.07) is 4.11. The minimum absolute atomic E-state index is 0.0422. The number of nitrogens with two attached hydrogens (primary N) is 1. The molecule has 3 nitrogen and oxygen atoms in total. The zero-order chi connectivity index (χ0) is 12.0. The molecule has 0 saturated heterocycles. The fourth-order valence-electron chi connectivity index (χ4n) is 1.58. The van der Waals surface area contributed by atoms with Gasteiger partial charge in [0.25, 0.3) is 0 Å². The van der Waals surface area contributed by atoms with E-state index in [0.29, 0.717) is 0 Å². The molecule has 1 aromatic rings. The molecule has 0 aliphatic heterocycles. The van der Waals surface area contributed by atoms with Crippen molar-refractivity contribution in [2.24, 2.45) is 5.73 Å². The maximum atomic E-state index is 5.79. The van der Waals surface area contributed by atoms with E-state index < -0.39 is 0 Å². The molecule has 0 bridgehead atoms. The molecule has 1 heterocycles. The highest BCUT2D eigenvalue weighted by Gasteiger charge is 2.06. The van der Waals surface area contributed by atoms with Gasteiger partial charge in [-0.1, -0.05) is 19.1 Å². The van der Waals surface area contributed by atoms with Crippen molar-refractivity contribution in [1.29, 1.82) is 0 Å². The van der Waals surface area contributed by atoms with E-state index in [2.05, 4.69) is 23.4 Å². The zero-order valence-electron chi connectivity index (χ0n) is 10.2. The van der Waals surface area contributed by atoms with Crippen LogP contribution in [0.2, 0.25) is 0 Å². The standard InChI is InChI=1S/C13H21N3/c1-4-8-16(9-5-2)13-7-6-12(10-15-13)11(3)14/h4,6-7,10-11H,1,5,8-9,14H2,2-3H3/t11-/m1/s1. The van der Waals surface area contributed by atoms with E-state index >= 15 is 0 Å². The Bertz CT molecular complexity index is 316. The number of hydrogen-bond acceptors (Lipinski definition) is 3. The third-order valence-corrected chi connectivity index (χ3v) is 2.46. The van der Waals surface area contributed by atoms with Crippen molar-refractivity contribution in [2.75, 3.05) is 18.0 Å². The molecule has 0 spiro atoms. The van der Waals surface area contributed by atoms with Gasteiger partial charge in [0.05, 0.1) is 0 Å². The third kappa shape index (κ3) is 3.35. The number of nitrogens with zero attached hydrogens (tertiary/aromatic N) is 2. The summed E-state index contributed by atoms with van der Waals surface area (Å²) in [5.41, 5.74) is 6.86. The van der Waals surface area contributed by atoms with Crippen molar-refractivity contribution in [3.63, 3.8) is 0 Å². The van der Waals surface area contributed by atoms with Crippen LogP contribution in [0, 0.1) is 0 Å². The van der Waals surface area contributed by atoms with Gasteiger partial charge in [0, 0.05) is 25.3 Å². The van der Waals surface area contributed by atoms with Gasteiger partial charge in [0.15, 0.2) is 0 Å². The SMILES string of the molecule is C=CCN(CCC)c1ccc([C@@H](C)N)cn1. The first kappa shape index (κ1) is 12.7. The number of anilines is 1. The number of pyridine rings is 1. The Labute approximate surface area is 98.0 Å². The Hall–Kier alpha value is -1.35. The van der Waals surface area contributed by atoms with Gasteiger partial charge in [-0.3, -0.25) is 0 Å². The lowest BCUT2D eigenvalue weighted by Crippen LogP contribution is -2.25. The van der Waals surface area contributed by atoms with Crippen molar-refractivity contribution < 1.29 is 0 Å². The van der Waals surface area contributed by atoms with E-state index in [0.717, 1.165) is 30.9 Å². The van der Waals surface area contributed by atoms with Crippen molar-refractivity contribution in [2.45, 2.75) is 26.3 Å². The van der Waals surface area contributed by atoms with Crippen LogP contribution in [0.15, 0.2) is 31.0 Å². The first-order valence-corrected chi connectivity index (χ1v) is 5.76. The monoisotopic (exact) mass is 219 g/mol. The first-order chi connectivity index (χ1) is 7.69. The number of rotatable bonds is 6. The lowest BCUT2D eigenvalue weighted by atomic mass is 10.1. The molecule has 0 radical (unpaired) electrons. The fourth-order valence-corrected chi connectivity index (χ4v) is 1.58. The summed E-state index contributed by atoms with van der Waals surface area (Å²) in [5, 5.41) is 0. The largest absolute Gasteiger partial charge is 0.353 e. The van der Waals surface area contributed by atoms with Gasteiger partial charge in [-0.15, -0.1) is 6.58 Å². The molecule has 0 saturated carbocycles. The van der Waals surface area contributed by atoms with Crippen LogP contribution < -0.4 is 10.6 Å². The van der Waals surface area contributed by atoms with Crippen molar-refractivity contribution in [1.82, 2.24) is 4.98 Å². The number of aromatic nitrogens is 1. The highest BCUT2D eigenvalue weighted by Crippen LogP contribution is 2.14. The quantitative estimate of drug-likeness (QED) is 0.747. The van der Waals surface area contributed by atoms with Crippen LogP contribution in [0.1, 0.15) is 31.9 Å². The molecule has 0 aliphatic rings. The molecule has 0 amide bonds. The molecule has 0 fully saturated rings. The van der Waals surface area contributed by atoms with Crippen LogP contribution in [0.25, 0.3) is 0 Å². The number of hydrogen-bond donors (Lipinski definition) is 1. The molecule has 0 aliphatic carbocycles. The van der Waals surface area contributed by atoms with Gasteiger partial charge in [-0.05, 0) is 25.0 Å². The second-order valence-corrected chi connectivity index (χ2v) is 3.97. The molecular formula is C13H21N3. The molecule has 1 atom stereocenters. The van der Waals surface area contributed by atoms with Crippen molar-refractivity contribution >= 4 is 5.82 Å². The predicted molar refractivity (Wildman–Crippen MR) is 69.5 cm³/mol. The van der Waals surface area contributed by atoms with Gasteiger partial charge in [0.2, 0.25) is 0 Å². The molecule has 3 heteroatoms. The van der Waals surface area contributed by atoms with Gasteiger partial charge in [-0.25, -0.2) is 4.98 Å². The maximum absolute atomic E-state index is 5.79. The van der Waals surface area contributed by atoms with E-state index in [1.807, 2.05) is 31.3 Å². The molecular weight excluding hydrogens is 198 g/mol. The zero-order valence-corrected chi connectivity index (χ0v) is 10.2. The van der Waals surface area contributed by atoms with E-state index in [1.165, 1.54) is 0 Å². The van der Waals surface area contributed by atoms with E-state index in [-0.39, 0.29) is 6.04 Å². The van der Waals surface area contributed by atoms with Crippen LogP contribution in [0.3, 0.4) is 0 Å². The van der Waals surface area contributed by atoms with Crippen molar-refractivity contribution in [3.05, 3.63) is 36.5 Å². The second kappa shape index (κ2) is 6.28. The Balaban J connectivity index is 2.80. The molecule has 0 aromatic carbocycles. The van der Waals surface area contributed by atoms with Crippen LogP contribution in [0.4, 0.5) is 5.82 Å². The molecule has 0 unspecified atom stereocenters. The minimum Gasteiger partial charge on any atom is -0.353 e. The lowest BCUT2D eigenvalue weighted by molar-refractivity contribution is 0.787. The Morgan fingerprint density at radius 2 is 2.31 bits per heavy atom. The molecule has 1 rings (SSSR count). The maximum Gasteiger partial charge on any atom is 0.128 e. The topological polar surface area (TPSA) is 42.1 Å². The summed E-state index contributed by atoms with van der Waals surface area (Å²) in [6.07, 6.45) is 4.85. The third-order valence-electron chi connectivity index (χ3n) is 2.46. The molecule has 2 N–H and O–H groups in total.